The zero-order valence-electron chi connectivity index (χ0n) is 14.8. The summed E-state index contributed by atoms with van der Waals surface area (Å²) >= 11 is 0. The quantitative estimate of drug-likeness (QED) is 0.838. The van der Waals surface area contributed by atoms with Gasteiger partial charge in [-0.2, -0.15) is 0 Å². The molecular formula is C17H29ClN4O2. The van der Waals surface area contributed by atoms with Crippen molar-refractivity contribution in [3.8, 4) is 0 Å². The van der Waals surface area contributed by atoms with Gasteiger partial charge in [-0.05, 0) is 39.7 Å². The fraction of sp³-hybridized carbons (Fsp3) is 0.647. The van der Waals surface area contributed by atoms with Crippen LogP contribution in [-0.2, 0) is 11.3 Å². The first-order valence-electron chi connectivity index (χ1n) is 8.43. The van der Waals surface area contributed by atoms with Crippen LogP contribution in [0.15, 0.2) is 6.07 Å². The minimum Gasteiger partial charge on any atom is -0.355 e. The molecule has 1 fully saturated rings. The van der Waals surface area contributed by atoms with E-state index in [2.05, 4.69) is 16.8 Å². The number of rotatable bonds is 5. The standard InChI is InChI=1S/C17H28N4O2.ClH/c1-4-21-12(2)10-15(13(21)3)17(23)20-9-5-6-14(11-20)16(22)19-8-7-18;/h10,14H,4-9,11,18H2,1-3H3,(H,19,22);1H. The molecule has 0 saturated carbocycles. The highest BCUT2D eigenvalue weighted by Crippen LogP contribution is 2.22. The van der Waals surface area contributed by atoms with Gasteiger partial charge in [0.05, 0.1) is 11.5 Å². The number of carbonyl (C=O) groups excluding carboxylic acids is 2. The van der Waals surface area contributed by atoms with Gasteiger partial charge in [-0.15, -0.1) is 12.4 Å². The van der Waals surface area contributed by atoms with Gasteiger partial charge in [-0.3, -0.25) is 9.59 Å². The molecule has 1 aliphatic heterocycles. The average Bonchev–Trinajstić information content (AvgIpc) is 2.85. The van der Waals surface area contributed by atoms with Crippen LogP contribution in [-0.4, -0.2) is 47.5 Å². The van der Waals surface area contributed by atoms with E-state index in [1.807, 2.05) is 24.8 Å². The molecule has 0 radical (unpaired) electrons. The molecule has 1 aromatic heterocycles. The van der Waals surface area contributed by atoms with Crippen molar-refractivity contribution in [1.29, 1.82) is 0 Å². The molecule has 2 heterocycles. The van der Waals surface area contributed by atoms with Gasteiger partial charge in [-0.1, -0.05) is 0 Å². The molecule has 1 aliphatic rings. The van der Waals surface area contributed by atoms with E-state index in [0.717, 1.165) is 42.9 Å². The highest BCUT2D eigenvalue weighted by atomic mass is 35.5. The van der Waals surface area contributed by atoms with Crippen LogP contribution in [0, 0.1) is 19.8 Å². The molecule has 6 nitrogen and oxygen atoms in total. The Bertz CT molecular complexity index is 585. The number of aromatic nitrogens is 1. The highest BCUT2D eigenvalue weighted by Gasteiger charge is 2.30. The fourth-order valence-electron chi connectivity index (χ4n) is 3.39. The molecule has 0 spiro atoms. The first kappa shape index (κ1) is 20.5. The van der Waals surface area contributed by atoms with E-state index < -0.39 is 0 Å². The van der Waals surface area contributed by atoms with Crippen LogP contribution in [0.5, 0.6) is 0 Å². The summed E-state index contributed by atoms with van der Waals surface area (Å²) < 4.78 is 2.14. The van der Waals surface area contributed by atoms with Crippen molar-refractivity contribution in [2.24, 2.45) is 11.7 Å². The maximum atomic E-state index is 12.8. The Kier molecular flexibility index (Phi) is 7.76. The molecule has 24 heavy (non-hydrogen) atoms. The van der Waals surface area contributed by atoms with Crippen LogP contribution in [0.4, 0.5) is 0 Å². The molecule has 2 rings (SSSR count). The molecule has 3 N–H and O–H groups in total. The van der Waals surface area contributed by atoms with Crippen molar-refractivity contribution in [2.45, 2.75) is 40.2 Å². The largest absolute Gasteiger partial charge is 0.355 e. The van der Waals surface area contributed by atoms with Crippen molar-refractivity contribution in [2.75, 3.05) is 26.2 Å². The van der Waals surface area contributed by atoms with Gasteiger partial charge >= 0.3 is 0 Å². The third-order valence-corrected chi connectivity index (χ3v) is 4.64. The predicted molar refractivity (Wildman–Crippen MR) is 97.5 cm³/mol. The fourth-order valence-corrected chi connectivity index (χ4v) is 3.39. The lowest BCUT2D eigenvalue weighted by molar-refractivity contribution is -0.126. The molecule has 1 atom stereocenters. The second kappa shape index (κ2) is 9.08. The Hall–Kier alpha value is -1.53. The van der Waals surface area contributed by atoms with Crippen LogP contribution in [0.25, 0.3) is 0 Å². The molecule has 0 bridgehead atoms. The number of halogens is 1. The summed E-state index contributed by atoms with van der Waals surface area (Å²) in [4.78, 5) is 26.8. The van der Waals surface area contributed by atoms with Crippen LogP contribution in [0.2, 0.25) is 0 Å². The summed E-state index contributed by atoms with van der Waals surface area (Å²) in [6, 6.07) is 1.96. The Morgan fingerprint density at radius 2 is 2.08 bits per heavy atom. The zero-order valence-corrected chi connectivity index (χ0v) is 15.6. The minimum atomic E-state index is -0.131. The Morgan fingerprint density at radius 3 is 2.67 bits per heavy atom. The molecule has 7 heteroatoms. The number of amides is 2. The zero-order chi connectivity index (χ0) is 17.0. The molecule has 1 saturated heterocycles. The van der Waals surface area contributed by atoms with Gasteiger partial charge in [-0.25, -0.2) is 0 Å². The topological polar surface area (TPSA) is 80.4 Å². The lowest BCUT2D eigenvalue weighted by atomic mass is 9.96. The van der Waals surface area contributed by atoms with Gasteiger partial charge in [0.2, 0.25) is 5.91 Å². The number of aryl methyl sites for hydroxylation is 1. The van der Waals surface area contributed by atoms with E-state index in [-0.39, 0.29) is 30.1 Å². The van der Waals surface area contributed by atoms with Crippen LogP contribution in [0.1, 0.15) is 41.5 Å². The first-order chi connectivity index (χ1) is 11.0. The number of hydrogen-bond donors (Lipinski definition) is 2. The summed E-state index contributed by atoms with van der Waals surface area (Å²) in [6.45, 7) is 9.07. The molecule has 136 valence electrons. The third-order valence-electron chi connectivity index (χ3n) is 4.64. The number of nitrogens with one attached hydrogen (secondary N) is 1. The van der Waals surface area contributed by atoms with E-state index in [1.54, 1.807) is 0 Å². The summed E-state index contributed by atoms with van der Waals surface area (Å²) in [6.07, 6.45) is 1.69. The van der Waals surface area contributed by atoms with E-state index in [4.69, 9.17) is 5.73 Å². The molecule has 1 aromatic rings. The van der Waals surface area contributed by atoms with Crippen molar-refractivity contribution >= 4 is 24.2 Å². The smallest absolute Gasteiger partial charge is 0.255 e. The number of likely N-dealkylation sites (tertiary alicyclic amines) is 1. The van der Waals surface area contributed by atoms with Gasteiger partial charge < -0.3 is 20.5 Å². The number of hydrogen-bond acceptors (Lipinski definition) is 3. The van der Waals surface area contributed by atoms with Gasteiger partial charge in [0.25, 0.3) is 5.91 Å². The van der Waals surface area contributed by atoms with E-state index in [9.17, 15) is 9.59 Å². The molecule has 1 unspecified atom stereocenters. The van der Waals surface area contributed by atoms with Crippen molar-refractivity contribution < 1.29 is 9.59 Å². The highest BCUT2D eigenvalue weighted by molar-refractivity contribution is 5.96. The predicted octanol–water partition coefficient (Wildman–Crippen LogP) is 1.47. The molecule has 2 amide bonds. The van der Waals surface area contributed by atoms with Crippen molar-refractivity contribution in [3.63, 3.8) is 0 Å². The normalized spacial score (nSPS) is 17.3. The second-order valence-electron chi connectivity index (χ2n) is 6.20. The third kappa shape index (κ3) is 4.30. The number of nitrogens with two attached hydrogens (primary N) is 1. The van der Waals surface area contributed by atoms with E-state index in [1.165, 1.54) is 0 Å². The van der Waals surface area contributed by atoms with Crippen molar-refractivity contribution in [3.05, 3.63) is 23.0 Å². The van der Waals surface area contributed by atoms with Gasteiger partial charge in [0.1, 0.15) is 0 Å². The Balaban J connectivity index is 0.00000288. The van der Waals surface area contributed by atoms with Gasteiger partial charge in [0.15, 0.2) is 0 Å². The summed E-state index contributed by atoms with van der Waals surface area (Å²) in [5.74, 6) is -0.0879. The SMILES string of the molecule is CCn1c(C)cc(C(=O)N2CCCC(C(=O)NCCN)C2)c1C.Cl. The maximum Gasteiger partial charge on any atom is 0.255 e. The average molecular weight is 357 g/mol. The molecule has 0 aromatic carbocycles. The van der Waals surface area contributed by atoms with Crippen LogP contribution in [0.3, 0.4) is 0 Å². The van der Waals surface area contributed by atoms with E-state index in [0.29, 0.717) is 19.6 Å². The van der Waals surface area contributed by atoms with Crippen LogP contribution >= 0.6 is 12.4 Å². The lowest BCUT2D eigenvalue weighted by Gasteiger charge is -2.32. The summed E-state index contributed by atoms with van der Waals surface area (Å²) in [7, 11) is 0. The summed E-state index contributed by atoms with van der Waals surface area (Å²) in [5.41, 5.74) is 8.28. The maximum absolute atomic E-state index is 12.8. The molecule has 0 aliphatic carbocycles. The van der Waals surface area contributed by atoms with Crippen molar-refractivity contribution in [1.82, 2.24) is 14.8 Å². The molecular weight excluding hydrogens is 328 g/mol. The number of piperidine rings is 1. The Labute approximate surface area is 150 Å². The second-order valence-corrected chi connectivity index (χ2v) is 6.20. The lowest BCUT2D eigenvalue weighted by Crippen LogP contribution is -2.46. The number of nitrogens with zero attached hydrogens (tertiary/aromatic N) is 2. The van der Waals surface area contributed by atoms with Gasteiger partial charge in [0, 0.05) is 44.1 Å². The Morgan fingerprint density at radius 1 is 1.38 bits per heavy atom. The van der Waals surface area contributed by atoms with E-state index >= 15 is 0 Å². The van der Waals surface area contributed by atoms with Crippen LogP contribution < -0.4 is 11.1 Å². The first-order valence-corrected chi connectivity index (χ1v) is 8.43. The minimum absolute atomic E-state index is 0. The summed E-state index contributed by atoms with van der Waals surface area (Å²) in [5, 5.41) is 2.83. The number of carbonyl (C=O) groups is 2. The monoisotopic (exact) mass is 356 g/mol.